The van der Waals surface area contributed by atoms with Gasteiger partial charge in [0.15, 0.2) is 11.5 Å². The summed E-state index contributed by atoms with van der Waals surface area (Å²) in [5, 5.41) is 17.6. The van der Waals surface area contributed by atoms with E-state index in [1.165, 1.54) is 0 Å². The van der Waals surface area contributed by atoms with Crippen molar-refractivity contribution in [2.24, 2.45) is 5.10 Å². The Morgan fingerprint density at radius 2 is 1.90 bits per heavy atom. The topological polar surface area (TPSA) is 57.5 Å². The van der Waals surface area contributed by atoms with E-state index < -0.39 is 5.72 Å². The maximum absolute atomic E-state index is 10.4. The summed E-state index contributed by atoms with van der Waals surface area (Å²) < 4.78 is 12.4. The van der Waals surface area contributed by atoms with Gasteiger partial charge in [-0.05, 0) is 32.0 Å². The predicted molar refractivity (Wildman–Crippen MR) is 116 cm³/mol. The molecular weight excluding hydrogens is 378 g/mol. The number of methoxy groups -OCH3 is 1. The molecule has 0 amide bonds. The zero-order chi connectivity index (χ0) is 20.9. The van der Waals surface area contributed by atoms with Crippen LogP contribution in [0.1, 0.15) is 50.3 Å². The molecule has 0 aliphatic carbocycles. The quantitative estimate of drug-likeness (QED) is 0.829. The summed E-state index contributed by atoms with van der Waals surface area (Å²) in [6.45, 7) is 6.41. The van der Waals surface area contributed by atoms with Crippen LogP contribution in [0.3, 0.4) is 0 Å². The van der Waals surface area contributed by atoms with Gasteiger partial charge in [-0.1, -0.05) is 24.3 Å². The lowest BCUT2D eigenvalue weighted by Crippen LogP contribution is -2.59. The highest BCUT2D eigenvalue weighted by Crippen LogP contribution is 2.53. The molecule has 3 heterocycles. The van der Waals surface area contributed by atoms with Crippen molar-refractivity contribution in [2.45, 2.75) is 50.9 Å². The van der Waals surface area contributed by atoms with E-state index in [1.807, 2.05) is 30.3 Å². The van der Waals surface area contributed by atoms with Gasteiger partial charge >= 0.3 is 0 Å². The van der Waals surface area contributed by atoms with Gasteiger partial charge in [-0.25, -0.2) is 5.01 Å². The van der Waals surface area contributed by atoms with Crippen LogP contribution in [0.15, 0.2) is 47.6 Å². The highest BCUT2D eigenvalue weighted by atomic mass is 16.5. The number of hydrogen-bond acceptors (Lipinski definition) is 6. The van der Waals surface area contributed by atoms with Crippen molar-refractivity contribution in [3.05, 3.63) is 53.6 Å². The molecular formula is C24H29N3O3. The van der Waals surface area contributed by atoms with Crippen LogP contribution in [-0.4, -0.2) is 52.7 Å². The van der Waals surface area contributed by atoms with Gasteiger partial charge in [-0.2, -0.15) is 5.10 Å². The highest BCUT2D eigenvalue weighted by Gasteiger charge is 2.52. The van der Waals surface area contributed by atoms with Crippen LogP contribution in [0.5, 0.6) is 17.2 Å². The number of likely N-dealkylation sites (tertiary alicyclic amines) is 1. The number of piperidine rings is 1. The summed E-state index contributed by atoms with van der Waals surface area (Å²) in [5.74, 6) is 1.88. The zero-order valence-electron chi connectivity index (χ0n) is 17.8. The lowest BCUT2D eigenvalue weighted by atomic mass is 9.90. The van der Waals surface area contributed by atoms with Crippen LogP contribution in [-0.2, 0) is 0 Å². The summed E-state index contributed by atoms with van der Waals surface area (Å²) >= 11 is 0. The third kappa shape index (κ3) is 2.93. The molecule has 158 valence electrons. The number of rotatable bonds is 3. The average molecular weight is 408 g/mol. The Morgan fingerprint density at radius 1 is 1.13 bits per heavy atom. The third-order valence-electron chi connectivity index (χ3n) is 6.73. The maximum atomic E-state index is 10.4. The molecule has 5 rings (SSSR count). The van der Waals surface area contributed by atoms with Gasteiger partial charge in [0.2, 0.25) is 5.72 Å². The van der Waals surface area contributed by atoms with Crippen molar-refractivity contribution >= 4 is 5.71 Å². The van der Waals surface area contributed by atoms with E-state index in [2.05, 4.69) is 29.8 Å². The maximum Gasteiger partial charge on any atom is 0.200 e. The molecule has 1 saturated heterocycles. The minimum atomic E-state index is -0.496. The van der Waals surface area contributed by atoms with Crippen molar-refractivity contribution in [1.82, 2.24) is 9.91 Å². The summed E-state index contributed by atoms with van der Waals surface area (Å²) in [5.41, 5.74) is 2.30. The van der Waals surface area contributed by atoms with Crippen LogP contribution in [0.25, 0.3) is 0 Å². The minimum absolute atomic E-state index is 0.0732. The van der Waals surface area contributed by atoms with Gasteiger partial charge in [0.05, 0.1) is 18.9 Å². The molecule has 1 spiro atoms. The van der Waals surface area contributed by atoms with Crippen molar-refractivity contribution in [1.29, 1.82) is 0 Å². The van der Waals surface area contributed by atoms with E-state index in [0.29, 0.717) is 6.04 Å². The molecule has 0 unspecified atom stereocenters. The van der Waals surface area contributed by atoms with E-state index in [9.17, 15) is 5.11 Å². The first-order valence-corrected chi connectivity index (χ1v) is 10.8. The first-order valence-electron chi connectivity index (χ1n) is 10.8. The van der Waals surface area contributed by atoms with Gasteiger partial charge in [0, 0.05) is 49.5 Å². The van der Waals surface area contributed by atoms with Crippen LogP contribution >= 0.6 is 0 Å². The highest BCUT2D eigenvalue weighted by molar-refractivity contribution is 6.04. The smallest absolute Gasteiger partial charge is 0.200 e. The summed E-state index contributed by atoms with van der Waals surface area (Å²) in [7, 11) is 1.69. The second kappa shape index (κ2) is 7.20. The molecule has 0 bridgehead atoms. The molecule has 30 heavy (non-hydrogen) atoms. The fourth-order valence-electron chi connectivity index (χ4n) is 5.03. The van der Waals surface area contributed by atoms with Crippen LogP contribution < -0.4 is 9.47 Å². The Labute approximate surface area is 177 Å². The van der Waals surface area contributed by atoms with Crippen LogP contribution in [0.4, 0.5) is 0 Å². The number of phenols is 1. The van der Waals surface area contributed by atoms with Crippen molar-refractivity contribution in [3.63, 3.8) is 0 Å². The third-order valence-corrected chi connectivity index (χ3v) is 6.73. The average Bonchev–Trinajstić information content (AvgIpc) is 3.21. The van der Waals surface area contributed by atoms with E-state index >= 15 is 0 Å². The number of aromatic hydroxyl groups is 1. The molecule has 1 N–H and O–H groups in total. The first kappa shape index (κ1) is 19.2. The number of hydrazone groups is 1. The van der Waals surface area contributed by atoms with E-state index in [1.54, 1.807) is 13.2 Å². The van der Waals surface area contributed by atoms with E-state index in [4.69, 9.17) is 14.6 Å². The molecule has 0 aromatic heterocycles. The first-order chi connectivity index (χ1) is 14.5. The SMILES string of the molecule is COc1cccc2c1OC1(CCN(C(C)C)CC1)N1N=C(c3ccccc3O)C[C@@H]21. The molecule has 2 aromatic rings. The molecule has 6 nitrogen and oxygen atoms in total. The molecule has 1 fully saturated rings. The standard InChI is InChI=1S/C24H29N3O3/c1-16(2)26-13-11-24(12-14-26)27-20(18-8-6-10-22(29-3)23(18)30-24)15-19(25-27)17-7-4-5-9-21(17)28/h4-10,16,20,28H,11-15H2,1-3H3/t20-/m0/s1. The monoisotopic (exact) mass is 407 g/mol. The van der Waals surface area contributed by atoms with Crippen LogP contribution in [0, 0.1) is 0 Å². The number of ether oxygens (including phenoxy) is 2. The minimum Gasteiger partial charge on any atom is -0.507 e. The van der Waals surface area contributed by atoms with E-state index in [-0.39, 0.29) is 11.8 Å². The summed E-state index contributed by atoms with van der Waals surface area (Å²) in [6.07, 6.45) is 2.48. The number of para-hydroxylation sites is 2. The Kier molecular flexibility index (Phi) is 4.62. The molecule has 0 saturated carbocycles. The Balaban J connectivity index is 1.58. The van der Waals surface area contributed by atoms with Crippen LogP contribution in [0.2, 0.25) is 0 Å². The molecule has 3 aliphatic heterocycles. The van der Waals surface area contributed by atoms with Crippen molar-refractivity contribution in [3.8, 4) is 17.2 Å². The van der Waals surface area contributed by atoms with E-state index in [0.717, 1.165) is 60.7 Å². The number of fused-ring (bicyclic) bond motifs is 4. The number of benzene rings is 2. The number of phenolic OH excluding ortho intramolecular Hbond substituents is 1. The Hall–Kier alpha value is -2.73. The normalized spacial score (nSPS) is 22.5. The Morgan fingerprint density at radius 3 is 2.60 bits per heavy atom. The van der Waals surface area contributed by atoms with Gasteiger partial charge in [-0.3, -0.25) is 0 Å². The van der Waals surface area contributed by atoms with Gasteiger partial charge < -0.3 is 19.5 Å². The molecule has 1 atom stereocenters. The van der Waals surface area contributed by atoms with Gasteiger partial charge in [0.25, 0.3) is 0 Å². The summed E-state index contributed by atoms with van der Waals surface area (Å²) in [6, 6.07) is 14.1. The fraction of sp³-hybridized carbons (Fsp3) is 0.458. The molecule has 3 aliphatic rings. The second-order valence-corrected chi connectivity index (χ2v) is 8.68. The lowest BCUT2D eigenvalue weighted by molar-refractivity contribution is -0.153. The van der Waals surface area contributed by atoms with Crippen molar-refractivity contribution in [2.75, 3.05) is 20.2 Å². The largest absolute Gasteiger partial charge is 0.507 e. The van der Waals surface area contributed by atoms with Gasteiger partial charge in [-0.15, -0.1) is 0 Å². The molecule has 2 aromatic carbocycles. The Bertz CT molecular complexity index is 979. The predicted octanol–water partition coefficient (Wildman–Crippen LogP) is 4.14. The molecule has 6 heteroatoms. The fourth-order valence-corrected chi connectivity index (χ4v) is 5.03. The van der Waals surface area contributed by atoms with Gasteiger partial charge in [0.1, 0.15) is 5.75 Å². The number of hydrogen-bond donors (Lipinski definition) is 1. The lowest BCUT2D eigenvalue weighted by Gasteiger charge is -2.51. The van der Waals surface area contributed by atoms with Crippen molar-refractivity contribution < 1.29 is 14.6 Å². The molecule has 0 radical (unpaired) electrons. The summed E-state index contributed by atoms with van der Waals surface area (Å²) in [4.78, 5) is 2.49. The number of nitrogens with zero attached hydrogens (tertiary/aromatic N) is 3. The second-order valence-electron chi connectivity index (χ2n) is 8.68. The zero-order valence-corrected chi connectivity index (χ0v) is 17.8.